The highest BCUT2D eigenvalue weighted by molar-refractivity contribution is 7.22. The summed E-state index contributed by atoms with van der Waals surface area (Å²) in [7, 11) is 0. The molecule has 2 aliphatic heterocycles. The first-order valence-corrected chi connectivity index (χ1v) is 10.0. The Labute approximate surface area is 155 Å². The number of rotatable bonds is 3. The highest BCUT2D eigenvalue weighted by atomic mass is 32.1. The van der Waals surface area contributed by atoms with Crippen molar-refractivity contribution in [3.63, 3.8) is 0 Å². The van der Waals surface area contributed by atoms with E-state index in [1.807, 2.05) is 12.1 Å². The average molecular weight is 367 g/mol. The first-order chi connectivity index (χ1) is 12.8. The molecule has 134 valence electrons. The maximum Gasteiger partial charge on any atom is 0.272 e. The quantitative estimate of drug-likeness (QED) is 0.771. The fourth-order valence-corrected chi connectivity index (χ4v) is 5.15. The summed E-state index contributed by atoms with van der Waals surface area (Å²) in [6, 6.07) is 8.47. The number of H-pyrrole nitrogens is 1. The van der Waals surface area contributed by atoms with E-state index in [0.29, 0.717) is 11.6 Å². The number of nitrogens with zero attached hydrogens (tertiary/aromatic N) is 4. The summed E-state index contributed by atoms with van der Waals surface area (Å²) in [5.74, 6) is 0. The van der Waals surface area contributed by atoms with Crippen molar-refractivity contribution < 1.29 is 0 Å². The van der Waals surface area contributed by atoms with Gasteiger partial charge >= 0.3 is 0 Å². The van der Waals surface area contributed by atoms with Gasteiger partial charge in [-0.05, 0) is 56.1 Å². The van der Waals surface area contributed by atoms with Crippen molar-refractivity contribution in [3.05, 3.63) is 40.8 Å². The van der Waals surface area contributed by atoms with Crippen LogP contribution in [0.1, 0.15) is 19.3 Å². The Morgan fingerprint density at radius 2 is 2.04 bits per heavy atom. The van der Waals surface area contributed by atoms with E-state index in [-0.39, 0.29) is 5.56 Å². The molecular weight excluding hydrogens is 346 g/mol. The number of aromatic amines is 1. The van der Waals surface area contributed by atoms with E-state index < -0.39 is 0 Å². The van der Waals surface area contributed by atoms with Crippen molar-refractivity contribution in [1.82, 2.24) is 20.1 Å². The van der Waals surface area contributed by atoms with Gasteiger partial charge in [0.1, 0.15) is 0 Å². The lowest BCUT2D eigenvalue weighted by Gasteiger charge is -2.23. The van der Waals surface area contributed by atoms with Crippen LogP contribution in [-0.2, 0) is 0 Å². The van der Waals surface area contributed by atoms with E-state index in [2.05, 4.69) is 26.1 Å². The van der Waals surface area contributed by atoms with Crippen molar-refractivity contribution in [1.29, 1.82) is 0 Å². The fraction of sp³-hybridized carbons (Fsp3) is 0.421. The summed E-state index contributed by atoms with van der Waals surface area (Å²) in [5, 5.41) is 7.37. The van der Waals surface area contributed by atoms with Gasteiger partial charge in [0, 0.05) is 25.3 Å². The maximum absolute atomic E-state index is 12.0. The van der Waals surface area contributed by atoms with Crippen molar-refractivity contribution >= 4 is 26.7 Å². The van der Waals surface area contributed by atoms with Gasteiger partial charge in [0.2, 0.25) is 0 Å². The van der Waals surface area contributed by atoms with Crippen LogP contribution in [0.15, 0.2) is 35.3 Å². The Morgan fingerprint density at radius 1 is 1.15 bits per heavy atom. The molecule has 2 aliphatic rings. The molecule has 26 heavy (non-hydrogen) atoms. The third-order valence-corrected chi connectivity index (χ3v) is 6.58. The molecule has 1 unspecified atom stereocenters. The zero-order chi connectivity index (χ0) is 17.5. The molecule has 0 radical (unpaired) electrons. The number of thiazole rings is 1. The van der Waals surface area contributed by atoms with E-state index in [0.717, 1.165) is 34.0 Å². The second-order valence-electron chi connectivity index (χ2n) is 7.11. The van der Waals surface area contributed by atoms with Crippen molar-refractivity contribution in [2.24, 2.45) is 0 Å². The van der Waals surface area contributed by atoms with Gasteiger partial charge in [-0.1, -0.05) is 17.4 Å². The molecule has 5 rings (SSSR count). The number of nitrogens with one attached hydrogen (secondary N) is 1. The van der Waals surface area contributed by atoms with Crippen molar-refractivity contribution in [2.75, 3.05) is 31.1 Å². The number of aromatic nitrogens is 3. The molecule has 1 aromatic carbocycles. The molecule has 0 saturated carbocycles. The van der Waals surface area contributed by atoms with Crippen molar-refractivity contribution in [2.45, 2.75) is 25.3 Å². The normalized spacial score (nSPS) is 21.1. The molecule has 3 aromatic rings. The predicted molar refractivity (Wildman–Crippen MR) is 105 cm³/mol. The first kappa shape index (κ1) is 16.0. The number of hydrogen-bond donors (Lipinski definition) is 1. The molecule has 2 fully saturated rings. The predicted octanol–water partition coefficient (Wildman–Crippen LogP) is 2.72. The lowest BCUT2D eigenvalue weighted by atomic mass is 10.1. The van der Waals surface area contributed by atoms with E-state index >= 15 is 0 Å². The third-order valence-electron chi connectivity index (χ3n) is 5.51. The van der Waals surface area contributed by atoms with E-state index in [1.54, 1.807) is 23.6 Å². The molecule has 1 atom stereocenters. The second kappa shape index (κ2) is 6.48. The summed E-state index contributed by atoms with van der Waals surface area (Å²) in [4.78, 5) is 21.9. The molecule has 0 aliphatic carbocycles. The van der Waals surface area contributed by atoms with Crippen LogP contribution in [0.25, 0.3) is 21.3 Å². The minimum absolute atomic E-state index is 0.162. The van der Waals surface area contributed by atoms with E-state index in [9.17, 15) is 4.79 Å². The molecule has 7 heteroatoms. The topological polar surface area (TPSA) is 65.1 Å². The van der Waals surface area contributed by atoms with Crippen LogP contribution >= 0.6 is 11.3 Å². The van der Waals surface area contributed by atoms with Gasteiger partial charge in [0.05, 0.1) is 15.8 Å². The van der Waals surface area contributed by atoms with Crippen LogP contribution in [0, 0.1) is 0 Å². The standard InChI is InChI=1S/C19H21N5OS/c25-18-15(5-7-20-22-18)13-3-4-16-17(11-13)26-19(21-16)24-10-6-14(12-24)23-8-1-2-9-23/h3-5,7,11,14H,1-2,6,8-10,12H2,(H,22,25). The molecule has 2 saturated heterocycles. The largest absolute Gasteiger partial charge is 0.346 e. The van der Waals surface area contributed by atoms with Crippen LogP contribution in [0.4, 0.5) is 5.13 Å². The average Bonchev–Trinajstić information content (AvgIpc) is 3.40. The summed E-state index contributed by atoms with van der Waals surface area (Å²) in [6.07, 6.45) is 5.53. The van der Waals surface area contributed by atoms with Crippen LogP contribution in [-0.4, -0.2) is 52.3 Å². The van der Waals surface area contributed by atoms with Gasteiger partial charge in [-0.2, -0.15) is 5.10 Å². The Morgan fingerprint density at radius 3 is 2.88 bits per heavy atom. The second-order valence-corrected chi connectivity index (χ2v) is 8.12. The zero-order valence-electron chi connectivity index (χ0n) is 14.5. The highest BCUT2D eigenvalue weighted by Gasteiger charge is 2.30. The summed E-state index contributed by atoms with van der Waals surface area (Å²) in [5.41, 5.74) is 2.40. The Kier molecular flexibility index (Phi) is 3.98. The Hall–Kier alpha value is -2.25. The molecule has 6 nitrogen and oxygen atoms in total. The number of benzene rings is 1. The fourth-order valence-electron chi connectivity index (χ4n) is 4.11. The molecule has 4 heterocycles. The number of anilines is 1. The highest BCUT2D eigenvalue weighted by Crippen LogP contribution is 2.34. The molecule has 2 aromatic heterocycles. The van der Waals surface area contributed by atoms with E-state index in [1.165, 1.54) is 32.4 Å². The Bertz CT molecular complexity index is 991. The van der Waals surface area contributed by atoms with Gasteiger partial charge < -0.3 is 4.90 Å². The molecule has 1 N–H and O–H groups in total. The molecule has 0 bridgehead atoms. The van der Waals surface area contributed by atoms with Gasteiger partial charge in [-0.3, -0.25) is 9.69 Å². The molecular formula is C19H21N5OS. The summed E-state index contributed by atoms with van der Waals surface area (Å²) in [6.45, 7) is 4.67. The molecule has 0 spiro atoms. The lowest BCUT2D eigenvalue weighted by molar-refractivity contribution is 0.260. The maximum atomic E-state index is 12.0. The van der Waals surface area contributed by atoms with Crippen molar-refractivity contribution in [3.8, 4) is 11.1 Å². The van der Waals surface area contributed by atoms with E-state index in [4.69, 9.17) is 4.98 Å². The summed E-state index contributed by atoms with van der Waals surface area (Å²) < 4.78 is 1.12. The summed E-state index contributed by atoms with van der Waals surface area (Å²) >= 11 is 1.72. The minimum Gasteiger partial charge on any atom is -0.346 e. The number of fused-ring (bicyclic) bond motifs is 1. The third kappa shape index (κ3) is 2.81. The first-order valence-electron chi connectivity index (χ1n) is 9.21. The van der Waals surface area contributed by atoms with Gasteiger partial charge in [-0.15, -0.1) is 0 Å². The molecule has 0 amide bonds. The lowest BCUT2D eigenvalue weighted by Crippen LogP contribution is -2.35. The monoisotopic (exact) mass is 367 g/mol. The van der Waals surface area contributed by atoms with Crippen LogP contribution < -0.4 is 10.5 Å². The minimum atomic E-state index is -0.162. The van der Waals surface area contributed by atoms with Gasteiger partial charge in [0.25, 0.3) is 5.56 Å². The van der Waals surface area contributed by atoms with Crippen LogP contribution in [0.5, 0.6) is 0 Å². The smallest absolute Gasteiger partial charge is 0.272 e. The number of hydrogen-bond acceptors (Lipinski definition) is 6. The van der Waals surface area contributed by atoms with Gasteiger partial charge in [-0.25, -0.2) is 10.1 Å². The van der Waals surface area contributed by atoms with Crippen LogP contribution in [0.3, 0.4) is 0 Å². The SMILES string of the molecule is O=c1[nH]nccc1-c1ccc2nc(N3CCC(N4CCCC4)C3)sc2c1. The van der Waals surface area contributed by atoms with Gasteiger partial charge in [0.15, 0.2) is 5.13 Å². The Balaban J connectivity index is 1.42. The number of likely N-dealkylation sites (tertiary alicyclic amines) is 1. The zero-order valence-corrected chi connectivity index (χ0v) is 15.3. The van der Waals surface area contributed by atoms with Crippen LogP contribution in [0.2, 0.25) is 0 Å².